The van der Waals surface area contributed by atoms with E-state index in [0.717, 1.165) is 33.8 Å². The lowest BCUT2D eigenvalue weighted by molar-refractivity contribution is 0.523. The summed E-state index contributed by atoms with van der Waals surface area (Å²) in [6.45, 7) is 3.80. The highest BCUT2D eigenvalue weighted by Crippen LogP contribution is 2.48. The molecule has 0 saturated heterocycles. The summed E-state index contributed by atoms with van der Waals surface area (Å²) in [7, 11) is 0. The van der Waals surface area contributed by atoms with Crippen molar-refractivity contribution in [3.63, 3.8) is 0 Å². The van der Waals surface area contributed by atoms with Crippen LogP contribution in [0, 0.1) is 13.8 Å². The Balaban J connectivity index is 2.31. The molecule has 0 bridgehead atoms. The van der Waals surface area contributed by atoms with Crippen molar-refractivity contribution in [2.75, 3.05) is 0 Å². The van der Waals surface area contributed by atoms with Gasteiger partial charge >= 0.3 is 0 Å². The highest BCUT2D eigenvalue weighted by molar-refractivity contribution is 8.15. The predicted molar refractivity (Wildman–Crippen MR) is 92.2 cm³/mol. The zero-order valence-electron chi connectivity index (χ0n) is 11.5. The molecular weight excluding hydrogens is 324 g/mol. The van der Waals surface area contributed by atoms with Crippen molar-refractivity contribution in [1.29, 1.82) is 0 Å². The van der Waals surface area contributed by atoms with Gasteiger partial charge in [0.05, 0.1) is 18.8 Å². The van der Waals surface area contributed by atoms with Crippen LogP contribution in [0.5, 0.6) is 0 Å². The Morgan fingerprint density at radius 3 is 1.86 bits per heavy atom. The summed E-state index contributed by atoms with van der Waals surface area (Å²) in [6.07, 6.45) is 4.97. The predicted octanol–water partition coefficient (Wildman–Crippen LogP) is 5.32. The molecule has 0 aliphatic heterocycles. The van der Waals surface area contributed by atoms with Gasteiger partial charge in [0.15, 0.2) is 3.41 Å². The molecule has 0 fully saturated rings. The van der Waals surface area contributed by atoms with Gasteiger partial charge in [-0.05, 0) is 26.0 Å². The van der Waals surface area contributed by atoms with E-state index in [0.29, 0.717) is 5.76 Å². The summed E-state index contributed by atoms with van der Waals surface area (Å²) in [6, 6.07) is 3.80. The summed E-state index contributed by atoms with van der Waals surface area (Å²) in [4.78, 5) is 0. The van der Waals surface area contributed by atoms with E-state index < -0.39 is 3.41 Å². The van der Waals surface area contributed by atoms with Gasteiger partial charge in [-0.25, -0.2) is 0 Å². The van der Waals surface area contributed by atoms with Crippen LogP contribution >= 0.6 is 37.9 Å². The molecule has 0 amide bonds. The van der Waals surface area contributed by atoms with Crippen molar-refractivity contribution in [2.45, 2.75) is 17.3 Å². The van der Waals surface area contributed by atoms with Gasteiger partial charge in [-0.15, -0.1) is 37.9 Å². The quantitative estimate of drug-likeness (QED) is 0.447. The minimum atomic E-state index is -1.01. The van der Waals surface area contributed by atoms with Gasteiger partial charge in [0.1, 0.15) is 17.3 Å². The van der Waals surface area contributed by atoms with E-state index in [1.54, 1.807) is 18.8 Å². The number of aryl methyl sites for hydroxylation is 2. The minimum Gasteiger partial charge on any atom is -0.469 e. The Morgan fingerprint density at radius 1 is 0.810 bits per heavy atom. The van der Waals surface area contributed by atoms with Crippen LogP contribution in [0.2, 0.25) is 0 Å². The topological polar surface area (TPSA) is 39.4 Å². The molecule has 3 rings (SSSR count). The maximum Gasteiger partial charge on any atom is 0.157 e. The normalized spacial score (nSPS) is 12.0. The van der Waals surface area contributed by atoms with E-state index in [1.165, 1.54) is 0 Å². The Kier molecular flexibility index (Phi) is 3.71. The van der Waals surface area contributed by atoms with Crippen molar-refractivity contribution < 1.29 is 13.3 Å². The second kappa shape index (κ2) is 5.26. The zero-order valence-corrected chi connectivity index (χ0v) is 14.1. The smallest absolute Gasteiger partial charge is 0.157 e. The summed E-state index contributed by atoms with van der Waals surface area (Å²) in [5.74, 6) is 2.16. The molecule has 0 aliphatic carbocycles. The second-order valence-corrected chi connectivity index (χ2v) is 7.84. The fourth-order valence-corrected chi connectivity index (χ4v) is 2.87. The first-order valence-corrected chi connectivity index (χ1v) is 7.61. The molecule has 0 unspecified atom stereocenters. The number of furan rings is 3. The third-order valence-electron chi connectivity index (χ3n) is 3.37. The maximum absolute atomic E-state index is 5.71. The average Bonchev–Trinajstić information content (AvgIpc) is 3.06. The highest BCUT2D eigenvalue weighted by Gasteiger charge is 2.31. The van der Waals surface area contributed by atoms with Crippen LogP contribution in [0.4, 0.5) is 0 Å². The van der Waals surface area contributed by atoms with Crippen LogP contribution in [-0.2, 0) is 3.41 Å². The SMILES string of the molecule is Cc1occc1-c1coc(C(S)(S)S)c1-c1ccoc1C. The molecule has 0 spiro atoms. The van der Waals surface area contributed by atoms with E-state index >= 15 is 0 Å². The van der Waals surface area contributed by atoms with Crippen LogP contribution in [-0.4, -0.2) is 0 Å². The molecule has 0 saturated carbocycles. The fraction of sp³-hybridized carbons (Fsp3) is 0.200. The summed E-state index contributed by atoms with van der Waals surface area (Å²) >= 11 is 13.2. The van der Waals surface area contributed by atoms with Crippen molar-refractivity contribution in [2.24, 2.45) is 0 Å². The molecular formula is C15H14O3S3. The summed E-state index contributed by atoms with van der Waals surface area (Å²) in [5.41, 5.74) is 3.66. The first-order chi connectivity index (χ1) is 9.89. The van der Waals surface area contributed by atoms with Crippen LogP contribution in [0.3, 0.4) is 0 Å². The molecule has 0 radical (unpaired) electrons. The van der Waals surface area contributed by atoms with E-state index in [-0.39, 0.29) is 0 Å². The molecule has 3 aromatic heterocycles. The molecule has 3 aromatic rings. The standard InChI is InChI=1S/C15H14O3S3/c1-8-10(3-5-16-8)12-7-18-14(15(19,20)21)13(12)11-4-6-17-9(11)2/h3-7,19-21H,1-2H3. The Bertz CT molecular complexity index is 774. The molecule has 3 heterocycles. The molecule has 6 heteroatoms. The molecule has 3 nitrogen and oxygen atoms in total. The Morgan fingerprint density at radius 2 is 1.38 bits per heavy atom. The molecule has 0 aromatic carbocycles. The van der Waals surface area contributed by atoms with Crippen molar-refractivity contribution in [3.8, 4) is 22.3 Å². The van der Waals surface area contributed by atoms with Gasteiger partial charge in [0, 0.05) is 22.3 Å². The van der Waals surface area contributed by atoms with Crippen LogP contribution in [0.25, 0.3) is 22.3 Å². The maximum atomic E-state index is 5.71. The van der Waals surface area contributed by atoms with E-state index in [4.69, 9.17) is 13.3 Å². The number of hydrogen-bond acceptors (Lipinski definition) is 6. The largest absolute Gasteiger partial charge is 0.469 e. The van der Waals surface area contributed by atoms with Gasteiger partial charge < -0.3 is 13.3 Å². The first kappa shape index (κ1) is 14.8. The minimum absolute atomic E-state index is 0.553. The zero-order chi connectivity index (χ0) is 15.2. The highest BCUT2D eigenvalue weighted by atomic mass is 32.2. The van der Waals surface area contributed by atoms with Crippen LogP contribution in [0.1, 0.15) is 17.3 Å². The average molecular weight is 338 g/mol. The van der Waals surface area contributed by atoms with Gasteiger partial charge in [0.25, 0.3) is 0 Å². The van der Waals surface area contributed by atoms with Gasteiger partial charge in [-0.1, -0.05) is 0 Å². The molecule has 0 atom stereocenters. The van der Waals surface area contributed by atoms with E-state index in [9.17, 15) is 0 Å². The van der Waals surface area contributed by atoms with Gasteiger partial charge in [-0.2, -0.15) is 0 Å². The number of hydrogen-bond donors (Lipinski definition) is 3. The number of rotatable bonds is 3. The van der Waals surface area contributed by atoms with E-state index in [1.807, 2.05) is 26.0 Å². The van der Waals surface area contributed by atoms with Gasteiger partial charge in [0.2, 0.25) is 0 Å². The van der Waals surface area contributed by atoms with Gasteiger partial charge in [-0.3, -0.25) is 0 Å². The lowest BCUT2D eigenvalue weighted by atomic mass is 9.98. The van der Waals surface area contributed by atoms with Crippen LogP contribution in [0.15, 0.2) is 44.2 Å². The lowest BCUT2D eigenvalue weighted by Crippen LogP contribution is -2.01. The molecule has 21 heavy (non-hydrogen) atoms. The number of thiol groups is 3. The Labute approximate surface area is 138 Å². The van der Waals surface area contributed by atoms with Crippen molar-refractivity contribution in [1.82, 2.24) is 0 Å². The van der Waals surface area contributed by atoms with E-state index in [2.05, 4.69) is 37.9 Å². The lowest BCUT2D eigenvalue weighted by Gasteiger charge is -2.15. The Hall–Kier alpha value is -1.11. The summed E-state index contributed by atoms with van der Waals surface area (Å²) < 4.78 is 15.5. The van der Waals surface area contributed by atoms with Crippen LogP contribution < -0.4 is 0 Å². The second-order valence-electron chi connectivity index (χ2n) is 4.77. The summed E-state index contributed by atoms with van der Waals surface area (Å²) in [5, 5.41) is 0. The molecule has 0 aliphatic rings. The molecule has 0 N–H and O–H groups in total. The molecule has 110 valence electrons. The fourth-order valence-electron chi connectivity index (χ4n) is 2.38. The third kappa shape index (κ3) is 2.56. The third-order valence-corrected chi connectivity index (χ3v) is 3.98. The first-order valence-electron chi connectivity index (χ1n) is 6.27. The monoisotopic (exact) mass is 338 g/mol. The van der Waals surface area contributed by atoms with Crippen molar-refractivity contribution in [3.05, 3.63) is 48.2 Å². The van der Waals surface area contributed by atoms with Crippen molar-refractivity contribution >= 4 is 37.9 Å².